The van der Waals surface area contributed by atoms with Gasteiger partial charge in [0.2, 0.25) is 5.91 Å². The van der Waals surface area contributed by atoms with Gasteiger partial charge in [0.25, 0.3) is 0 Å². The van der Waals surface area contributed by atoms with Gasteiger partial charge in [0, 0.05) is 12.1 Å². The SMILES string of the molecule is CCCNC(=O)COCC(N)(CC)CC. The molecule has 0 aromatic carbocycles. The summed E-state index contributed by atoms with van der Waals surface area (Å²) in [5, 5.41) is 2.75. The Bertz CT molecular complexity index is 179. The monoisotopic (exact) mass is 216 g/mol. The van der Waals surface area contributed by atoms with E-state index in [4.69, 9.17) is 10.5 Å². The number of amides is 1. The van der Waals surface area contributed by atoms with Gasteiger partial charge in [-0.05, 0) is 19.3 Å². The van der Waals surface area contributed by atoms with Crippen LogP contribution in [0.15, 0.2) is 0 Å². The lowest BCUT2D eigenvalue weighted by atomic mass is 9.96. The van der Waals surface area contributed by atoms with E-state index >= 15 is 0 Å². The van der Waals surface area contributed by atoms with Crippen LogP contribution in [0.2, 0.25) is 0 Å². The lowest BCUT2D eigenvalue weighted by molar-refractivity contribution is -0.126. The highest BCUT2D eigenvalue weighted by atomic mass is 16.5. The highest BCUT2D eigenvalue weighted by Crippen LogP contribution is 2.10. The van der Waals surface area contributed by atoms with Crippen LogP contribution in [-0.2, 0) is 9.53 Å². The number of ether oxygens (including phenoxy) is 1. The molecule has 90 valence electrons. The molecule has 0 bridgehead atoms. The maximum Gasteiger partial charge on any atom is 0.245 e. The molecule has 0 saturated heterocycles. The fourth-order valence-corrected chi connectivity index (χ4v) is 1.12. The van der Waals surface area contributed by atoms with Crippen molar-refractivity contribution in [2.45, 2.75) is 45.6 Å². The Morgan fingerprint density at radius 2 is 1.93 bits per heavy atom. The van der Waals surface area contributed by atoms with Gasteiger partial charge in [0.15, 0.2) is 0 Å². The van der Waals surface area contributed by atoms with Crippen molar-refractivity contribution in [1.29, 1.82) is 0 Å². The van der Waals surface area contributed by atoms with Crippen LogP contribution < -0.4 is 11.1 Å². The van der Waals surface area contributed by atoms with Gasteiger partial charge in [-0.15, -0.1) is 0 Å². The molecule has 0 aromatic heterocycles. The molecular weight excluding hydrogens is 192 g/mol. The maximum atomic E-state index is 11.2. The lowest BCUT2D eigenvalue weighted by Crippen LogP contribution is -2.44. The summed E-state index contributed by atoms with van der Waals surface area (Å²) in [4.78, 5) is 11.2. The van der Waals surface area contributed by atoms with Gasteiger partial charge in [-0.3, -0.25) is 4.79 Å². The Labute approximate surface area is 92.6 Å². The minimum Gasteiger partial charge on any atom is -0.370 e. The number of nitrogens with one attached hydrogen (secondary N) is 1. The number of nitrogens with two attached hydrogens (primary N) is 1. The third-order valence-corrected chi connectivity index (χ3v) is 2.60. The van der Waals surface area contributed by atoms with E-state index in [1.165, 1.54) is 0 Å². The van der Waals surface area contributed by atoms with Crippen LogP contribution in [0, 0.1) is 0 Å². The Balaban J connectivity index is 3.64. The molecule has 4 nitrogen and oxygen atoms in total. The van der Waals surface area contributed by atoms with Crippen LogP contribution in [0.3, 0.4) is 0 Å². The molecule has 0 aliphatic carbocycles. The fraction of sp³-hybridized carbons (Fsp3) is 0.909. The van der Waals surface area contributed by atoms with E-state index in [2.05, 4.69) is 5.32 Å². The van der Waals surface area contributed by atoms with Gasteiger partial charge < -0.3 is 15.8 Å². The zero-order valence-corrected chi connectivity index (χ0v) is 10.1. The summed E-state index contributed by atoms with van der Waals surface area (Å²) in [5.41, 5.74) is 5.74. The largest absolute Gasteiger partial charge is 0.370 e. The van der Waals surface area contributed by atoms with Crippen LogP contribution >= 0.6 is 0 Å². The fourth-order valence-electron chi connectivity index (χ4n) is 1.12. The Morgan fingerprint density at radius 1 is 1.33 bits per heavy atom. The molecule has 0 heterocycles. The molecule has 0 spiro atoms. The minimum atomic E-state index is -0.287. The van der Waals surface area contributed by atoms with E-state index in [0.29, 0.717) is 13.2 Å². The summed E-state index contributed by atoms with van der Waals surface area (Å²) >= 11 is 0. The molecule has 1 amide bonds. The number of hydrogen-bond acceptors (Lipinski definition) is 3. The minimum absolute atomic E-state index is 0.0635. The van der Waals surface area contributed by atoms with Gasteiger partial charge in [0.1, 0.15) is 6.61 Å². The molecule has 0 aliphatic heterocycles. The number of carbonyl (C=O) groups is 1. The first-order valence-corrected chi connectivity index (χ1v) is 5.71. The van der Waals surface area contributed by atoms with E-state index in [1.807, 2.05) is 20.8 Å². The molecule has 0 radical (unpaired) electrons. The number of carbonyl (C=O) groups excluding carboxylic acids is 1. The molecule has 0 unspecified atom stereocenters. The first kappa shape index (κ1) is 14.4. The molecule has 0 aromatic rings. The van der Waals surface area contributed by atoms with Crippen LogP contribution in [0.25, 0.3) is 0 Å². The third-order valence-electron chi connectivity index (χ3n) is 2.60. The van der Waals surface area contributed by atoms with Gasteiger partial charge in [-0.1, -0.05) is 20.8 Å². The van der Waals surface area contributed by atoms with Crippen molar-refractivity contribution in [1.82, 2.24) is 5.32 Å². The summed E-state index contributed by atoms with van der Waals surface area (Å²) in [6.45, 7) is 7.34. The quantitative estimate of drug-likeness (QED) is 0.637. The van der Waals surface area contributed by atoms with Crippen molar-refractivity contribution >= 4 is 5.91 Å². The highest BCUT2D eigenvalue weighted by Gasteiger charge is 2.20. The van der Waals surface area contributed by atoms with E-state index in [0.717, 1.165) is 19.3 Å². The first-order chi connectivity index (χ1) is 7.08. The predicted octanol–water partition coefficient (Wildman–Crippen LogP) is 1.05. The van der Waals surface area contributed by atoms with E-state index < -0.39 is 0 Å². The first-order valence-electron chi connectivity index (χ1n) is 5.71. The second-order valence-electron chi connectivity index (χ2n) is 3.91. The average Bonchev–Trinajstić information content (AvgIpc) is 2.26. The van der Waals surface area contributed by atoms with E-state index in [-0.39, 0.29) is 18.1 Å². The molecule has 4 heteroatoms. The van der Waals surface area contributed by atoms with Gasteiger partial charge in [-0.25, -0.2) is 0 Å². The summed E-state index contributed by atoms with van der Waals surface area (Å²) < 4.78 is 5.30. The standard InChI is InChI=1S/C11H24N2O2/c1-4-7-13-10(14)8-15-9-11(12,5-2)6-3/h4-9,12H2,1-3H3,(H,13,14). The normalized spacial score (nSPS) is 11.5. The zero-order valence-electron chi connectivity index (χ0n) is 10.1. The molecule has 0 atom stereocenters. The second kappa shape index (κ2) is 7.65. The Kier molecular flexibility index (Phi) is 7.34. The van der Waals surface area contributed by atoms with Crippen molar-refractivity contribution in [3.8, 4) is 0 Å². The molecule has 0 fully saturated rings. The molecule has 0 rings (SSSR count). The number of hydrogen-bond donors (Lipinski definition) is 2. The van der Waals surface area contributed by atoms with Crippen molar-refractivity contribution < 1.29 is 9.53 Å². The smallest absolute Gasteiger partial charge is 0.245 e. The molecule has 3 N–H and O–H groups in total. The zero-order chi connectivity index (χ0) is 11.7. The van der Waals surface area contributed by atoms with Crippen molar-refractivity contribution in [2.24, 2.45) is 5.73 Å². The third kappa shape index (κ3) is 6.47. The molecule has 0 aliphatic rings. The van der Waals surface area contributed by atoms with Gasteiger partial charge >= 0.3 is 0 Å². The van der Waals surface area contributed by atoms with E-state index in [1.54, 1.807) is 0 Å². The van der Waals surface area contributed by atoms with Crippen molar-refractivity contribution in [3.63, 3.8) is 0 Å². The van der Waals surface area contributed by atoms with Crippen molar-refractivity contribution in [2.75, 3.05) is 19.8 Å². The Hall–Kier alpha value is -0.610. The van der Waals surface area contributed by atoms with Crippen LogP contribution in [0.5, 0.6) is 0 Å². The summed E-state index contributed by atoms with van der Waals surface area (Å²) in [7, 11) is 0. The van der Waals surface area contributed by atoms with Crippen LogP contribution in [0.1, 0.15) is 40.0 Å². The molecular formula is C11H24N2O2. The number of rotatable bonds is 8. The van der Waals surface area contributed by atoms with Crippen LogP contribution in [0.4, 0.5) is 0 Å². The topological polar surface area (TPSA) is 64.3 Å². The Morgan fingerprint density at radius 3 is 2.40 bits per heavy atom. The van der Waals surface area contributed by atoms with E-state index in [9.17, 15) is 4.79 Å². The highest BCUT2D eigenvalue weighted by molar-refractivity contribution is 5.77. The summed E-state index contributed by atoms with van der Waals surface area (Å²) in [6, 6.07) is 0. The predicted molar refractivity (Wildman–Crippen MR) is 61.6 cm³/mol. The van der Waals surface area contributed by atoms with Crippen LogP contribution in [-0.4, -0.2) is 31.2 Å². The summed E-state index contributed by atoms with van der Waals surface area (Å²) in [5.74, 6) is -0.0635. The van der Waals surface area contributed by atoms with Gasteiger partial charge in [0.05, 0.1) is 6.61 Å². The van der Waals surface area contributed by atoms with Crippen molar-refractivity contribution in [3.05, 3.63) is 0 Å². The molecule has 15 heavy (non-hydrogen) atoms. The van der Waals surface area contributed by atoms with Gasteiger partial charge in [-0.2, -0.15) is 0 Å². The second-order valence-corrected chi connectivity index (χ2v) is 3.91. The average molecular weight is 216 g/mol. The maximum absolute atomic E-state index is 11.2. The summed E-state index contributed by atoms with van der Waals surface area (Å²) in [6.07, 6.45) is 2.66. The molecule has 0 saturated carbocycles. The lowest BCUT2D eigenvalue weighted by Gasteiger charge is -2.25.